The van der Waals surface area contributed by atoms with Gasteiger partial charge in [0.05, 0.1) is 0 Å². The molecule has 0 bridgehead atoms. The summed E-state index contributed by atoms with van der Waals surface area (Å²) >= 11 is 0. The van der Waals surface area contributed by atoms with E-state index in [9.17, 15) is 0 Å². The summed E-state index contributed by atoms with van der Waals surface area (Å²) in [7, 11) is 0. The molecule has 1 aromatic heterocycles. The molecule has 90 valence electrons. The number of rotatable bonds is 4. The van der Waals surface area contributed by atoms with Gasteiger partial charge in [0, 0.05) is 25.0 Å². The lowest BCUT2D eigenvalue weighted by molar-refractivity contribution is 0.512. The second-order valence-corrected chi connectivity index (χ2v) is 5.51. The van der Waals surface area contributed by atoms with Crippen LogP contribution < -0.4 is 5.73 Å². The lowest BCUT2D eigenvalue weighted by Crippen LogP contribution is -2.15. The first-order valence-corrected chi connectivity index (χ1v) is 6.61. The summed E-state index contributed by atoms with van der Waals surface area (Å²) in [6.45, 7) is 5.73. The van der Waals surface area contributed by atoms with E-state index < -0.39 is 0 Å². The van der Waals surface area contributed by atoms with Crippen molar-refractivity contribution < 1.29 is 0 Å². The molecule has 0 fully saturated rings. The molecule has 0 saturated heterocycles. The molecule has 1 heterocycles. The molecule has 1 aliphatic rings. The monoisotopic (exact) mass is 220 g/mol. The number of nitrogens with two attached hydrogens (primary N) is 1. The van der Waals surface area contributed by atoms with Gasteiger partial charge in [-0.1, -0.05) is 13.8 Å². The fraction of sp³-hybridized carbons (Fsp3) is 0.714. The molecule has 1 aliphatic carbocycles. The van der Waals surface area contributed by atoms with Gasteiger partial charge in [-0.2, -0.15) is 0 Å². The van der Waals surface area contributed by atoms with Crippen molar-refractivity contribution in [1.29, 1.82) is 0 Å². The van der Waals surface area contributed by atoms with Crippen molar-refractivity contribution in [2.45, 2.75) is 58.5 Å². The van der Waals surface area contributed by atoms with E-state index in [-0.39, 0.29) is 6.04 Å². The molecular formula is C14H24N2. The highest BCUT2D eigenvalue weighted by molar-refractivity contribution is 5.29. The van der Waals surface area contributed by atoms with Crippen LogP contribution >= 0.6 is 0 Å². The van der Waals surface area contributed by atoms with E-state index in [2.05, 4.69) is 30.8 Å². The van der Waals surface area contributed by atoms with Gasteiger partial charge in [-0.3, -0.25) is 0 Å². The van der Waals surface area contributed by atoms with E-state index in [0.29, 0.717) is 0 Å². The highest BCUT2D eigenvalue weighted by Gasteiger charge is 2.18. The highest BCUT2D eigenvalue weighted by atomic mass is 14.9. The Morgan fingerprint density at radius 2 is 2.25 bits per heavy atom. The minimum atomic E-state index is 0.287. The first-order valence-electron chi connectivity index (χ1n) is 6.61. The zero-order chi connectivity index (χ0) is 11.5. The Bertz CT molecular complexity index is 339. The summed E-state index contributed by atoms with van der Waals surface area (Å²) in [4.78, 5) is 0. The molecule has 2 heteroatoms. The number of hydrogen-bond donors (Lipinski definition) is 1. The van der Waals surface area contributed by atoms with E-state index in [0.717, 1.165) is 18.9 Å². The van der Waals surface area contributed by atoms with Crippen LogP contribution in [-0.2, 0) is 13.0 Å². The van der Waals surface area contributed by atoms with E-state index in [1.807, 2.05) is 0 Å². The van der Waals surface area contributed by atoms with Gasteiger partial charge in [-0.05, 0) is 49.1 Å². The van der Waals surface area contributed by atoms with Crippen LogP contribution in [-0.4, -0.2) is 4.57 Å². The number of nitrogens with zero attached hydrogens (tertiary/aromatic N) is 1. The van der Waals surface area contributed by atoms with Gasteiger partial charge in [0.15, 0.2) is 0 Å². The maximum atomic E-state index is 6.12. The molecule has 0 aromatic carbocycles. The molecule has 2 N–H and O–H groups in total. The molecule has 2 nitrogen and oxygen atoms in total. The standard InChI is InChI=1S/C14H24N2/c1-11(2)5-4-8-16-9-12-6-3-7-14(15)13(12)10-16/h9-11,14H,3-8,15H2,1-2H3. The van der Waals surface area contributed by atoms with Gasteiger partial charge in [-0.15, -0.1) is 0 Å². The van der Waals surface area contributed by atoms with Crippen LogP contribution in [0.25, 0.3) is 0 Å². The average Bonchev–Trinajstić information content (AvgIpc) is 2.61. The zero-order valence-electron chi connectivity index (χ0n) is 10.6. The van der Waals surface area contributed by atoms with Gasteiger partial charge in [0.2, 0.25) is 0 Å². The lowest BCUT2D eigenvalue weighted by atomic mass is 9.92. The smallest absolute Gasteiger partial charge is 0.0312 e. The minimum absolute atomic E-state index is 0.287. The SMILES string of the molecule is CC(C)CCCn1cc2c(c1)C(N)CCC2. The van der Waals surface area contributed by atoms with E-state index in [4.69, 9.17) is 5.73 Å². The minimum Gasteiger partial charge on any atom is -0.354 e. The molecule has 0 amide bonds. The topological polar surface area (TPSA) is 30.9 Å². The largest absolute Gasteiger partial charge is 0.354 e. The second-order valence-electron chi connectivity index (χ2n) is 5.51. The number of aryl methyl sites for hydroxylation is 2. The summed E-state index contributed by atoms with van der Waals surface area (Å²) in [5.74, 6) is 0.812. The van der Waals surface area contributed by atoms with Crippen LogP contribution in [0.15, 0.2) is 12.4 Å². The number of aromatic nitrogens is 1. The number of fused-ring (bicyclic) bond motifs is 1. The Morgan fingerprint density at radius 3 is 2.94 bits per heavy atom. The Labute approximate surface area is 98.8 Å². The fourth-order valence-electron chi connectivity index (χ4n) is 2.60. The van der Waals surface area contributed by atoms with Crippen molar-refractivity contribution in [3.05, 3.63) is 23.5 Å². The van der Waals surface area contributed by atoms with Gasteiger partial charge < -0.3 is 10.3 Å². The van der Waals surface area contributed by atoms with E-state index in [1.54, 1.807) is 0 Å². The first-order chi connectivity index (χ1) is 7.66. The molecule has 16 heavy (non-hydrogen) atoms. The summed E-state index contributed by atoms with van der Waals surface area (Å²) < 4.78 is 2.35. The summed E-state index contributed by atoms with van der Waals surface area (Å²) in [6.07, 6.45) is 10.8. The molecule has 2 rings (SSSR count). The molecule has 0 spiro atoms. The summed E-state index contributed by atoms with van der Waals surface area (Å²) in [5, 5.41) is 0. The quantitative estimate of drug-likeness (QED) is 0.829. The third-order valence-electron chi connectivity index (χ3n) is 3.56. The van der Waals surface area contributed by atoms with Crippen molar-refractivity contribution >= 4 is 0 Å². The van der Waals surface area contributed by atoms with Crippen LogP contribution in [0.5, 0.6) is 0 Å². The van der Waals surface area contributed by atoms with E-state index >= 15 is 0 Å². The molecule has 0 saturated carbocycles. The summed E-state index contributed by atoms with van der Waals surface area (Å²) in [6, 6.07) is 0.287. The van der Waals surface area contributed by atoms with Crippen LogP contribution in [0, 0.1) is 5.92 Å². The first kappa shape index (κ1) is 11.7. The average molecular weight is 220 g/mol. The lowest BCUT2D eigenvalue weighted by Gasteiger charge is -2.17. The van der Waals surface area contributed by atoms with Crippen LogP contribution in [0.1, 0.15) is 56.7 Å². The number of hydrogen-bond acceptors (Lipinski definition) is 1. The second kappa shape index (κ2) is 5.05. The molecule has 0 aliphatic heterocycles. The summed E-state index contributed by atoms with van der Waals surface area (Å²) in [5.41, 5.74) is 9.01. The van der Waals surface area contributed by atoms with Crippen LogP contribution in [0.3, 0.4) is 0 Å². The third kappa shape index (κ3) is 2.67. The molecule has 0 radical (unpaired) electrons. The van der Waals surface area contributed by atoms with Gasteiger partial charge in [-0.25, -0.2) is 0 Å². The van der Waals surface area contributed by atoms with Crippen molar-refractivity contribution in [1.82, 2.24) is 4.57 Å². The maximum absolute atomic E-state index is 6.12. The fourth-order valence-corrected chi connectivity index (χ4v) is 2.60. The molecule has 1 aromatic rings. The Balaban J connectivity index is 1.96. The molecule has 1 atom stereocenters. The normalized spacial score (nSPS) is 20.1. The highest BCUT2D eigenvalue weighted by Crippen LogP contribution is 2.28. The van der Waals surface area contributed by atoms with Crippen molar-refractivity contribution in [3.63, 3.8) is 0 Å². The Kier molecular flexibility index (Phi) is 3.70. The van der Waals surface area contributed by atoms with Crippen LogP contribution in [0.2, 0.25) is 0 Å². The van der Waals surface area contributed by atoms with Gasteiger partial charge >= 0.3 is 0 Å². The van der Waals surface area contributed by atoms with Crippen molar-refractivity contribution in [2.24, 2.45) is 11.7 Å². The zero-order valence-corrected chi connectivity index (χ0v) is 10.6. The maximum Gasteiger partial charge on any atom is 0.0312 e. The van der Waals surface area contributed by atoms with Crippen molar-refractivity contribution in [2.75, 3.05) is 0 Å². The van der Waals surface area contributed by atoms with E-state index in [1.165, 1.54) is 36.8 Å². The van der Waals surface area contributed by atoms with Gasteiger partial charge in [0.1, 0.15) is 0 Å². The van der Waals surface area contributed by atoms with Crippen molar-refractivity contribution in [3.8, 4) is 0 Å². The Hall–Kier alpha value is -0.760. The van der Waals surface area contributed by atoms with Crippen LogP contribution in [0.4, 0.5) is 0 Å². The third-order valence-corrected chi connectivity index (χ3v) is 3.56. The molecular weight excluding hydrogens is 196 g/mol. The predicted molar refractivity (Wildman–Crippen MR) is 68.4 cm³/mol. The predicted octanol–water partition coefficient (Wildman–Crippen LogP) is 3.26. The van der Waals surface area contributed by atoms with Gasteiger partial charge in [0.25, 0.3) is 0 Å². The Morgan fingerprint density at radius 1 is 1.44 bits per heavy atom. The molecule has 1 unspecified atom stereocenters.